The molecular formula is C37H50ClN5O4. The highest BCUT2D eigenvalue weighted by atomic mass is 35.5. The largest absolute Gasteiger partial charge is 0.445 e. The van der Waals surface area contributed by atoms with E-state index in [1.54, 1.807) is 0 Å². The molecule has 2 atom stereocenters. The number of fused-ring (bicyclic) bond motifs is 1. The number of anilines is 1. The molecule has 4 aliphatic rings. The van der Waals surface area contributed by atoms with Gasteiger partial charge in [0.15, 0.2) is 0 Å². The van der Waals surface area contributed by atoms with E-state index in [2.05, 4.69) is 28.2 Å². The molecule has 0 aromatic heterocycles. The molecule has 0 bridgehead atoms. The quantitative estimate of drug-likeness (QED) is 0.341. The van der Waals surface area contributed by atoms with Gasteiger partial charge in [0.1, 0.15) is 18.6 Å². The van der Waals surface area contributed by atoms with Crippen LogP contribution in [-0.4, -0.2) is 96.0 Å². The second kappa shape index (κ2) is 14.5. The molecule has 1 N–H and O–H groups in total. The number of hydrogen-bond acceptors (Lipinski definition) is 6. The van der Waals surface area contributed by atoms with Gasteiger partial charge in [0, 0.05) is 55.8 Å². The lowest BCUT2D eigenvalue weighted by Crippen LogP contribution is -2.69. The van der Waals surface area contributed by atoms with Crippen molar-refractivity contribution in [3.05, 3.63) is 63.7 Å². The molecule has 3 amide bonds. The fraction of sp³-hybridized carbons (Fsp3) is 0.595. The van der Waals surface area contributed by atoms with Gasteiger partial charge in [-0.3, -0.25) is 9.80 Å². The van der Waals surface area contributed by atoms with Crippen LogP contribution in [0.25, 0.3) is 0 Å². The number of para-hydroxylation sites is 1. The van der Waals surface area contributed by atoms with E-state index >= 15 is 0 Å². The standard InChI is InChI=1S/C37H50ClN5O4/c1-26-22-28(23-27(2)34(26)38)25-47-36(46)43-20-13-32(42-19-12-31-6-4-5-7-33(31)39-35(42)45)24-37(43,14-21-44)41-17-10-30(11-18-41)29-8-15-40(3)16-9-29/h4-7,21-23,29-30,32H,8-20,24-25H2,1-3H3,(H,39,45)/t32-,37+/m1/s1. The topological polar surface area (TPSA) is 85.4 Å². The second-order valence-corrected chi connectivity index (χ2v) is 14.6. The first-order chi connectivity index (χ1) is 22.7. The van der Waals surface area contributed by atoms with Crippen molar-refractivity contribution in [2.75, 3.05) is 51.6 Å². The highest BCUT2D eigenvalue weighted by molar-refractivity contribution is 6.32. The van der Waals surface area contributed by atoms with Crippen LogP contribution in [0.3, 0.4) is 0 Å². The predicted molar refractivity (Wildman–Crippen MR) is 185 cm³/mol. The molecule has 0 saturated carbocycles. The molecule has 47 heavy (non-hydrogen) atoms. The number of urea groups is 1. The van der Waals surface area contributed by atoms with Gasteiger partial charge >= 0.3 is 12.1 Å². The molecule has 0 radical (unpaired) electrons. The zero-order valence-corrected chi connectivity index (χ0v) is 28.9. The summed E-state index contributed by atoms with van der Waals surface area (Å²) >= 11 is 6.39. The maximum absolute atomic E-state index is 14.1. The Morgan fingerprint density at radius 1 is 0.979 bits per heavy atom. The third kappa shape index (κ3) is 7.18. The summed E-state index contributed by atoms with van der Waals surface area (Å²) in [6, 6.07) is 11.6. The molecule has 2 aromatic carbocycles. The fourth-order valence-electron chi connectivity index (χ4n) is 8.73. The van der Waals surface area contributed by atoms with Gasteiger partial charge < -0.3 is 24.6 Å². The zero-order valence-electron chi connectivity index (χ0n) is 28.2. The van der Waals surface area contributed by atoms with Gasteiger partial charge in [-0.15, -0.1) is 0 Å². The molecule has 3 fully saturated rings. The van der Waals surface area contributed by atoms with Crippen LogP contribution in [0, 0.1) is 25.7 Å². The average Bonchev–Trinajstić information content (AvgIpc) is 3.24. The zero-order chi connectivity index (χ0) is 33.1. The maximum Gasteiger partial charge on any atom is 0.411 e. The lowest BCUT2D eigenvalue weighted by atomic mass is 9.77. The van der Waals surface area contributed by atoms with E-state index in [-0.39, 0.29) is 25.1 Å². The van der Waals surface area contributed by atoms with Crippen LogP contribution in [0.1, 0.15) is 67.2 Å². The molecule has 2 aromatic rings. The molecule has 254 valence electrons. The Balaban J connectivity index is 1.24. The van der Waals surface area contributed by atoms with Crippen molar-refractivity contribution in [2.45, 2.75) is 83.5 Å². The summed E-state index contributed by atoms with van der Waals surface area (Å²) in [5.41, 5.74) is 3.87. The minimum atomic E-state index is -0.870. The number of hydrogen-bond donors (Lipinski definition) is 1. The minimum absolute atomic E-state index is 0.120. The van der Waals surface area contributed by atoms with E-state index in [0.717, 1.165) is 90.6 Å². The Labute approximate surface area is 284 Å². The molecule has 9 nitrogen and oxygen atoms in total. The van der Waals surface area contributed by atoms with Crippen LogP contribution in [0.15, 0.2) is 36.4 Å². The minimum Gasteiger partial charge on any atom is -0.445 e. The Kier molecular flexibility index (Phi) is 10.4. The van der Waals surface area contributed by atoms with E-state index in [9.17, 15) is 14.4 Å². The van der Waals surface area contributed by atoms with E-state index in [4.69, 9.17) is 16.3 Å². The third-order valence-corrected chi connectivity index (χ3v) is 12.0. The van der Waals surface area contributed by atoms with Gasteiger partial charge in [-0.05, 0) is 113 Å². The fourth-order valence-corrected chi connectivity index (χ4v) is 8.84. The number of aldehydes is 1. The Morgan fingerprint density at radius 3 is 2.32 bits per heavy atom. The normalized spacial score (nSPS) is 25.2. The van der Waals surface area contributed by atoms with Gasteiger partial charge in [0.25, 0.3) is 0 Å². The molecule has 6 rings (SSSR count). The number of nitrogens with zero attached hydrogens (tertiary/aromatic N) is 4. The monoisotopic (exact) mass is 663 g/mol. The summed E-state index contributed by atoms with van der Waals surface area (Å²) in [6.45, 7) is 8.94. The number of ether oxygens (including phenoxy) is 1. The van der Waals surface area contributed by atoms with Gasteiger partial charge in [-0.1, -0.05) is 41.9 Å². The van der Waals surface area contributed by atoms with Crippen molar-refractivity contribution < 1.29 is 19.1 Å². The number of nitrogens with one attached hydrogen (secondary N) is 1. The lowest BCUT2D eigenvalue weighted by molar-refractivity contribution is -0.129. The molecule has 0 aliphatic carbocycles. The van der Waals surface area contributed by atoms with Crippen molar-refractivity contribution in [1.29, 1.82) is 0 Å². The van der Waals surface area contributed by atoms with E-state index in [0.29, 0.717) is 31.8 Å². The summed E-state index contributed by atoms with van der Waals surface area (Å²) in [5, 5.41) is 3.84. The number of carbonyl (C=O) groups excluding carboxylic acids is 3. The van der Waals surface area contributed by atoms with E-state index in [1.165, 1.54) is 12.8 Å². The number of carbonyl (C=O) groups is 3. The van der Waals surface area contributed by atoms with Gasteiger partial charge in [-0.25, -0.2) is 9.59 Å². The van der Waals surface area contributed by atoms with Crippen molar-refractivity contribution in [2.24, 2.45) is 11.8 Å². The van der Waals surface area contributed by atoms with Crippen LogP contribution in [0.4, 0.5) is 15.3 Å². The van der Waals surface area contributed by atoms with Crippen LogP contribution >= 0.6 is 11.6 Å². The molecule has 4 heterocycles. The third-order valence-electron chi connectivity index (χ3n) is 11.4. The number of likely N-dealkylation sites (tertiary alicyclic amines) is 3. The number of aryl methyl sites for hydroxylation is 2. The number of halogens is 1. The molecule has 4 aliphatic heterocycles. The lowest BCUT2D eigenvalue weighted by Gasteiger charge is -2.57. The van der Waals surface area contributed by atoms with Crippen LogP contribution in [0.2, 0.25) is 5.02 Å². The van der Waals surface area contributed by atoms with Gasteiger partial charge in [0.2, 0.25) is 0 Å². The van der Waals surface area contributed by atoms with Crippen LogP contribution in [0.5, 0.6) is 0 Å². The smallest absolute Gasteiger partial charge is 0.411 e. The summed E-state index contributed by atoms with van der Waals surface area (Å²) in [5.74, 6) is 1.38. The Hall–Kier alpha value is -3.14. The van der Waals surface area contributed by atoms with Crippen molar-refractivity contribution in [3.63, 3.8) is 0 Å². The van der Waals surface area contributed by atoms with E-state index in [1.807, 2.05) is 54.0 Å². The summed E-state index contributed by atoms with van der Waals surface area (Å²) in [6.07, 6.45) is 7.14. The molecule has 10 heteroatoms. The van der Waals surface area contributed by atoms with Crippen LogP contribution < -0.4 is 5.32 Å². The summed E-state index contributed by atoms with van der Waals surface area (Å²) in [4.78, 5) is 48.8. The van der Waals surface area contributed by atoms with Gasteiger partial charge in [0.05, 0.1) is 0 Å². The summed E-state index contributed by atoms with van der Waals surface area (Å²) in [7, 11) is 2.20. The molecule has 0 spiro atoms. The molecule has 0 unspecified atom stereocenters. The first-order valence-electron chi connectivity index (χ1n) is 17.4. The molecule has 3 saturated heterocycles. The maximum atomic E-state index is 14.1. The Bertz CT molecular complexity index is 1430. The van der Waals surface area contributed by atoms with E-state index < -0.39 is 11.8 Å². The van der Waals surface area contributed by atoms with Crippen LogP contribution in [-0.2, 0) is 22.6 Å². The van der Waals surface area contributed by atoms with Crippen molar-refractivity contribution in [3.8, 4) is 0 Å². The molecular weight excluding hydrogens is 614 g/mol. The number of rotatable bonds is 7. The summed E-state index contributed by atoms with van der Waals surface area (Å²) < 4.78 is 6.00. The Morgan fingerprint density at radius 2 is 1.64 bits per heavy atom. The SMILES string of the molecule is Cc1cc(COC(=O)N2CC[C@@H](N3CCc4ccccc4NC3=O)C[C@@]2(CC=O)N2CCC(C3CCN(C)CC3)CC2)cc(C)c1Cl. The number of benzene rings is 2. The highest BCUT2D eigenvalue weighted by Gasteiger charge is 2.52. The highest BCUT2D eigenvalue weighted by Crippen LogP contribution is 2.42. The van der Waals surface area contributed by atoms with Gasteiger partial charge in [-0.2, -0.15) is 0 Å². The first-order valence-corrected chi connectivity index (χ1v) is 17.8. The van der Waals surface area contributed by atoms with Crippen molar-refractivity contribution in [1.82, 2.24) is 19.6 Å². The first kappa shape index (κ1) is 33.7. The second-order valence-electron chi connectivity index (χ2n) is 14.2. The number of amides is 3. The average molecular weight is 664 g/mol. The predicted octanol–water partition coefficient (Wildman–Crippen LogP) is 6.49. The number of piperidine rings is 3. The van der Waals surface area contributed by atoms with Crippen molar-refractivity contribution >= 4 is 35.7 Å².